The molecule has 2 aromatic carbocycles. The van der Waals surface area contributed by atoms with Crippen molar-refractivity contribution in [2.75, 3.05) is 5.73 Å². The molecule has 0 heterocycles. The minimum Gasteiger partial charge on any atom is -0.398 e. The summed E-state index contributed by atoms with van der Waals surface area (Å²) in [4.78, 5) is 12.0. The van der Waals surface area contributed by atoms with Gasteiger partial charge >= 0.3 is 0 Å². The van der Waals surface area contributed by atoms with E-state index < -0.39 is 23.6 Å². The second kappa shape index (κ2) is 5.69. The second-order valence-corrected chi connectivity index (χ2v) is 4.42. The number of carbonyl (C=O) groups excluding carboxylic acids is 1. The molecule has 3 nitrogen and oxygen atoms in total. The van der Waals surface area contributed by atoms with Gasteiger partial charge in [-0.05, 0) is 31.2 Å². The van der Waals surface area contributed by atoms with E-state index >= 15 is 0 Å². The molecule has 0 aliphatic heterocycles. The SMILES string of the molecule is CC(NC(=O)c1ccccc1N)c1c(F)cccc1F. The van der Waals surface area contributed by atoms with Crippen LogP contribution in [0.5, 0.6) is 0 Å². The molecular weight excluding hydrogens is 262 g/mol. The quantitative estimate of drug-likeness (QED) is 0.847. The average Bonchev–Trinajstić information content (AvgIpc) is 2.38. The first-order chi connectivity index (χ1) is 9.50. The highest BCUT2D eigenvalue weighted by Crippen LogP contribution is 2.21. The highest BCUT2D eigenvalue weighted by atomic mass is 19.1. The van der Waals surface area contributed by atoms with Crippen LogP contribution in [0.25, 0.3) is 0 Å². The number of amides is 1. The molecule has 0 saturated heterocycles. The minimum atomic E-state index is -0.802. The summed E-state index contributed by atoms with van der Waals surface area (Å²) < 4.78 is 27.2. The average molecular weight is 276 g/mol. The Morgan fingerprint density at radius 2 is 1.70 bits per heavy atom. The molecule has 1 unspecified atom stereocenters. The molecule has 0 aromatic heterocycles. The fourth-order valence-corrected chi connectivity index (χ4v) is 1.97. The van der Waals surface area contributed by atoms with Crippen LogP contribution in [0.2, 0.25) is 0 Å². The highest BCUT2D eigenvalue weighted by molar-refractivity contribution is 5.99. The predicted octanol–water partition coefficient (Wildman–Crippen LogP) is 3.04. The molecule has 104 valence electrons. The molecule has 0 radical (unpaired) electrons. The van der Waals surface area contributed by atoms with Crippen molar-refractivity contribution in [2.24, 2.45) is 0 Å². The van der Waals surface area contributed by atoms with Crippen LogP contribution in [0.3, 0.4) is 0 Å². The molecule has 3 N–H and O–H groups in total. The van der Waals surface area contributed by atoms with Crippen molar-refractivity contribution in [3.05, 3.63) is 65.2 Å². The number of hydrogen-bond acceptors (Lipinski definition) is 2. The Balaban J connectivity index is 2.22. The maximum absolute atomic E-state index is 13.6. The number of benzene rings is 2. The standard InChI is InChI=1S/C15H14F2N2O/c1-9(14-11(16)6-4-7-12(14)17)19-15(20)10-5-2-3-8-13(10)18/h2-9H,18H2,1H3,(H,19,20). The molecule has 0 aliphatic carbocycles. The molecule has 0 fully saturated rings. The zero-order valence-corrected chi connectivity index (χ0v) is 10.9. The summed E-state index contributed by atoms with van der Waals surface area (Å²) in [5.41, 5.74) is 6.10. The first-order valence-corrected chi connectivity index (χ1v) is 6.10. The summed E-state index contributed by atoms with van der Waals surface area (Å²) in [6.45, 7) is 1.51. The number of hydrogen-bond donors (Lipinski definition) is 2. The summed E-state index contributed by atoms with van der Waals surface area (Å²) in [6.07, 6.45) is 0. The van der Waals surface area contributed by atoms with E-state index in [2.05, 4.69) is 5.32 Å². The molecule has 0 spiro atoms. The number of anilines is 1. The van der Waals surface area contributed by atoms with Gasteiger partial charge in [0.1, 0.15) is 11.6 Å². The van der Waals surface area contributed by atoms with E-state index in [1.807, 2.05) is 0 Å². The van der Waals surface area contributed by atoms with Gasteiger partial charge in [-0.2, -0.15) is 0 Å². The van der Waals surface area contributed by atoms with Crippen LogP contribution in [-0.2, 0) is 0 Å². The van der Waals surface area contributed by atoms with Crippen molar-refractivity contribution < 1.29 is 13.6 Å². The summed E-state index contributed by atoms with van der Waals surface area (Å²) in [5.74, 6) is -1.86. The van der Waals surface area contributed by atoms with Crippen LogP contribution >= 0.6 is 0 Å². The number of para-hydroxylation sites is 1. The van der Waals surface area contributed by atoms with Gasteiger partial charge in [0.2, 0.25) is 0 Å². The van der Waals surface area contributed by atoms with E-state index in [-0.39, 0.29) is 11.1 Å². The third kappa shape index (κ3) is 2.77. The van der Waals surface area contributed by atoms with Crippen molar-refractivity contribution in [3.8, 4) is 0 Å². The van der Waals surface area contributed by atoms with Gasteiger partial charge in [0.15, 0.2) is 0 Å². The Morgan fingerprint density at radius 3 is 2.30 bits per heavy atom. The van der Waals surface area contributed by atoms with Crippen molar-refractivity contribution in [1.82, 2.24) is 5.32 Å². The van der Waals surface area contributed by atoms with Gasteiger partial charge in [0.05, 0.1) is 11.6 Å². The zero-order valence-electron chi connectivity index (χ0n) is 10.9. The smallest absolute Gasteiger partial charge is 0.253 e. The van der Waals surface area contributed by atoms with Crippen LogP contribution in [0.1, 0.15) is 28.9 Å². The van der Waals surface area contributed by atoms with Crippen LogP contribution in [0.15, 0.2) is 42.5 Å². The summed E-state index contributed by atoms with van der Waals surface area (Å²) >= 11 is 0. The molecule has 1 amide bonds. The lowest BCUT2D eigenvalue weighted by molar-refractivity contribution is 0.0939. The normalized spacial score (nSPS) is 11.9. The number of nitrogens with two attached hydrogens (primary N) is 1. The van der Waals surface area contributed by atoms with Gasteiger partial charge in [-0.3, -0.25) is 4.79 Å². The Hall–Kier alpha value is -2.43. The number of nitrogens with one attached hydrogen (secondary N) is 1. The van der Waals surface area contributed by atoms with E-state index in [1.54, 1.807) is 24.3 Å². The maximum Gasteiger partial charge on any atom is 0.253 e. The van der Waals surface area contributed by atoms with Gasteiger partial charge in [-0.1, -0.05) is 18.2 Å². The monoisotopic (exact) mass is 276 g/mol. The lowest BCUT2D eigenvalue weighted by Crippen LogP contribution is -2.28. The van der Waals surface area contributed by atoms with E-state index in [9.17, 15) is 13.6 Å². The first-order valence-electron chi connectivity index (χ1n) is 6.10. The van der Waals surface area contributed by atoms with Gasteiger partial charge < -0.3 is 11.1 Å². The van der Waals surface area contributed by atoms with E-state index in [0.29, 0.717) is 5.69 Å². The van der Waals surface area contributed by atoms with Crippen LogP contribution in [0, 0.1) is 11.6 Å². The molecule has 2 rings (SSSR count). The van der Waals surface area contributed by atoms with Gasteiger partial charge in [0.25, 0.3) is 5.91 Å². The lowest BCUT2D eigenvalue weighted by Gasteiger charge is -2.16. The van der Waals surface area contributed by atoms with Gasteiger partial charge in [0, 0.05) is 11.3 Å². The maximum atomic E-state index is 13.6. The molecule has 5 heteroatoms. The summed E-state index contributed by atoms with van der Waals surface area (Å²) in [5, 5.41) is 2.54. The molecule has 0 aliphatic rings. The number of halogens is 2. The fraction of sp³-hybridized carbons (Fsp3) is 0.133. The van der Waals surface area contributed by atoms with Crippen LogP contribution in [-0.4, -0.2) is 5.91 Å². The Bertz CT molecular complexity index is 623. The van der Waals surface area contributed by atoms with Crippen molar-refractivity contribution in [2.45, 2.75) is 13.0 Å². The second-order valence-electron chi connectivity index (χ2n) is 4.42. The largest absolute Gasteiger partial charge is 0.398 e. The molecule has 2 aromatic rings. The van der Waals surface area contributed by atoms with E-state index in [1.165, 1.54) is 13.0 Å². The molecule has 20 heavy (non-hydrogen) atoms. The first kappa shape index (κ1) is 14.0. The fourth-order valence-electron chi connectivity index (χ4n) is 1.97. The van der Waals surface area contributed by atoms with Crippen molar-refractivity contribution in [3.63, 3.8) is 0 Å². The predicted molar refractivity (Wildman–Crippen MR) is 73.1 cm³/mol. The number of carbonyl (C=O) groups is 1. The Morgan fingerprint density at radius 1 is 1.10 bits per heavy atom. The molecule has 0 saturated carbocycles. The van der Waals surface area contributed by atoms with Crippen molar-refractivity contribution >= 4 is 11.6 Å². The van der Waals surface area contributed by atoms with Crippen LogP contribution in [0.4, 0.5) is 14.5 Å². The molecule has 0 bridgehead atoms. The summed E-state index contributed by atoms with van der Waals surface area (Å²) in [7, 11) is 0. The third-order valence-electron chi connectivity index (χ3n) is 2.99. The van der Waals surface area contributed by atoms with Gasteiger partial charge in [-0.15, -0.1) is 0 Å². The topological polar surface area (TPSA) is 55.1 Å². The Labute approximate surface area is 115 Å². The van der Waals surface area contributed by atoms with Gasteiger partial charge in [-0.25, -0.2) is 8.78 Å². The van der Waals surface area contributed by atoms with Crippen LogP contribution < -0.4 is 11.1 Å². The molecule has 1 atom stereocenters. The summed E-state index contributed by atoms with van der Waals surface area (Å²) in [6, 6.07) is 9.28. The minimum absolute atomic E-state index is 0.171. The van der Waals surface area contributed by atoms with Crippen molar-refractivity contribution in [1.29, 1.82) is 0 Å². The van der Waals surface area contributed by atoms with E-state index in [4.69, 9.17) is 5.73 Å². The third-order valence-corrected chi connectivity index (χ3v) is 2.99. The molecular formula is C15H14F2N2O. The zero-order chi connectivity index (χ0) is 14.7. The number of rotatable bonds is 3. The van der Waals surface area contributed by atoms with E-state index in [0.717, 1.165) is 12.1 Å². The Kier molecular flexibility index (Phi) is 3.98. The highest BCUT2D eigenvalue weighted by Gasteiger charge is 2.19. The number of nitrogen functional groups attached to an aromatic ring is 1. The lowest BCUT2D eigenvalue weighted by atomic mass is 10.1.